The quantitative estimate of drug-likeness (QED) is 0.169. The van der Waals surface area contributed by atoms with E-state index in [2.05, 4.69) is 24.6 Å². The van der Waals surface area contributed by atoms with Crippen LogP contribution in [0.15, 0.2) is 12.3 Å². The van der Waals surface area contributed by atoms with E-state index in [1.807, 2.05) is 0 Å². The second-order valence-electron chi connectivity index (χ2n) is 6.58. The molecule has 1 aromatic heterocycles. The summed E-state index contributed by atoms with van der Waals surface area (Å²) in [5, 5.41) is 11.1. The maximum Gasteiger partial charge on any atom is 0.437 e. The summed E-state index contributed by atoms with van der Waals surface area (Å²) in [6, 6.07) is 0.976. The average molecular weight is 355 g/mol. The Kier molecular flexibility index (Phi) is 7.30. The molecule has 0 unspecified atom stereocenters. The molecule has 0 saturated heterocycles. The number of carbonyl (C=O) groups excluding carboxylic acids is 1. The second-order valence-corrected chi connectivity index (χ2v) is 12.2. The third-order valence-electron chi connectivity index (χ3n) is 3.17. The van der Waals surface area contributed by atoms with Crippen molar-refractivity contribution < 1.29 is 19.2 Å². The zero-order chi connectivity index (χ0) is 18.3. The van der Waals surface area contributed by atoms with Crippen molar-refractivity contribution in [3.63, 3.8) is 0 Å². The molecular formula is C15H25N3O5Si. The zero-order valence-corrected chi connectivity index (χ0v) is 15.9. The topological polar surface area (TPSA) is 96.5 Å². The highest BCUT2D eigenvalue weighted by Gasteiger charge is 2.21. The van der Waals surface area contributed by atoms with Gasteiger partial charge in [-0.05, 0) is 24.8 Å². The molecule has 0 aliphatic carbocycles. The molecule has 0 spiro atoms. The van der Waals surface area contributed by atoms with E-state index in [4.69, 9.17) is 9.47 Å². The Morgan fingerprint density at radius 3 is 2.67 bits per heavy atom. The van der Waals surface area contributed by atoms with Crippen LogP contribution in [0.4, 0.5) is 5.95 Å². The third kappa shape index (κ3) is 6.63. The Labute approximate surface area is 142 Å². The molecule has 24 heavy (non-hydrogen) atoms. The predicted octanol–water partition coefficient (Wildman–Crippen LogP) is 3.07. The Hall–Kier alpha value is -2.00. The van der Waals surface area contributed by atoms with Crippen molar-refractivity contribution >= 4 is 25.6 Å². The standard InChI is InChI=1S/C15H25N3O5Si/c1-6-23-14(19)9-12(2)13-10-17(15(16-13)18(20)21)11-22-7-8-24(3,4)5/h9-10H,6-8,11H2,1-5H3/b12-9+. The van der Waals surface area contributed by atoms with Crippen LogP contribution in [0.3, 0.4) is 0 Å². The highest BCUT2D eigenvalue weighted by Crippen LogP contribution is 2.19. The minimum Gasteiger partial charge on any atom is -0.463 e. The van der Waals surface area contributed by atoms with Crippen LogP contribution in [0.25, 0.3) is 5.57 Å². The summed E-state index contributed by atoms with van der Waals surface area (Å²) in [4.78, 5) is 26.0. The first kappa shape index (κ1) is 20.0. The van der Waals surface area contributed by atoms with Gasteiger partial charge < -0.3 is 19.6 Å². The summed E-state index contributed by atoms with van der Waals surface area (Å²) >= 11 is 0. The Balaban J connectivity index is 2.84. The summed E-state index contributed by atoms with van der Waals surface area (Å²) in [6.45, 7) is 10.9. The smallest absolute Gasteiger partial charge is 0.437 e. The number of hydrogen-bond donors (Lipinski definition) is 0. The Morgan fingerprint density at radius 2 is 2.12 bits per heavy atom. The van der Waals surface area contributed by atoms with Gasteiger partial charge in [-0.1, -0.05) is 24.6 Å². The number of rotatable bonds is 9. The van der Waals surface area contributed by atoms with Gasteiger partial charge in [0.25, 0.3) is 0 Å². The van der Waals surface area contributed by atoms with Crippen LogP contribution in [-0.2, 0) is 21.0 Å². The number of imidazole rings is 1. The summed E-state index contributed by atoms with van der Waals surface area (Å²) in [5.74, 6) is -0.812. The fourth-order valence-corrected chi connectivity index (χ4v) is 2.57. The molecule has 9 heteroatoms. The number of carbonyl (C=O) groups is 1. The van der Waals surface area contributed by atoms with E-state index in [9.17, 15) is 14.9 Å². The normalized spacial score (nSPS) is 12.3. The molecule has 0 N–H and O–H groups in total. The van der Waals surface area contributed by atoms with Crippen molar-refractivity contribution in [3.05, 3.63) is 28.1 Å². The molecule has 0 atom stereocenters. The molecule has 0 fully saturated rings. The Bertz CT molecular complexity index is 619. The molecule has 1 rings (SSSR count). The van der Waals surface area contributed by atoms with E-state index in [1.54, 1.807) is 13.8 Å². The van der Waals surface area contributed by atoms with E-state index >= 15 is 0 Å². The van der Waals surface area contributed by atoms with Gasteiger partial charge in [0.15, 0.2) is 12.4 Å². The summed E-state index contributed by atoms with van der Waals surface area (Å²) in [6.07, 6.45) is 2.78. The van der Waals surface area contributed by atoms with Crippen molar-refractivity contribution in [2.45, 2.75) is 46.3 Å². The highest BCUT2D eigenvalue weighted by atomic mass is 28.3. The van der Waals surface area contributed by atoms with Gasteiger partial charge in [0.05, 0.1) is 6.61 Å². The van der Waals surface area contributed by atoms with Crippen LogP contribution in [0.1, 0.15) is 19.5 Å². The van der Waals surface area contributed by atoms with Crippen LogP contribution in [0.2, 0.25) is 25.7 Å². The molecule has 0 radical (unpaired) electrons. The lowest BCUT2D eigenvalue weighted by Crippen LogP contribution is -2.22. The summed E-state index contributed by atoms with van der Waals surface area (Å²) in [7, 11) is -1.21. The molecule has 1 heterocycles. The van der Waals surface area contributed by atoms with Crippen LogP contribution in [0.5, 0.6) is 0 Å². The molecule has 8 nitrogen and oxygen atoms in total. The first-order valence-electron chi connectivity index (χ1n) is 7.78. The molecule has 0 amide bonds. The van der Waals surface area contributed by atoms with E-state index in [1.165, 1.54) is 16.8 Å². The maximum absolute atomic E-state index is 11.5. The molecule has 0 bridgehead atoms. The van der Waals surface area contributed by atoms with E-state index in [0.717, 1.165) is 6.04 Å². The van der Waals surface area contributed by atoms with Crippen LogP contribution in [-0.4, -0.2) is 41.7 Å². The highest BCUT2D eigenvalue weighted by molar-refractivity contribution is 6.76. The lowest BCUT2D eigenvalue weighted by Gasteiger charge is -2.14. The Morgan fingerprint density at radius 1 is 1.46 bits per heavy atom. The van der Waals surface area contributed by atoms with Crippen LogP contribution in [0, 0.1) is 10.1 Å². The molecule has 0 saturated carbocycles. The van der Waals surface area contributed by atoms with Crippen LogP contribution < -0.4 is 0 Å². The minimum absolute atomic E-state index is 0.0560. The summed E-state index contributed by atoms with van der Waals surface area (Å²) in [5.41, 5.74) is 0.848. The number of esters is 1. The predicted molar refractivity (Wildman–Crippen MR) is 93.3 cm³/mol. The van der Waals surface area contributed by atoms with E-state index in [-0.39, 0.29) is 19.3 Å². The number of aromatic nitrogens is 2. The van der Waals surface area contributed by atoms with Gasteiger partial charge in [-0.2, -0.15) is 0 Å². The SMILES string of the molecule is CCOC(=O)/C=C(\C)c1cn(COCC[Si](C)(C)C)c([N+](=O)[O-])n1. The molecule has 0 aliphatic rings. The van der Waals surface area contributed by atoms with Gasteiger partial charge in [-0.25, -0.2) is 9.36 Å². The fourth-order valence-electron chi connectivity index (χ4n) is 1.81. The number of nitro groups is 1. The van der Waals surface area contributed by atoms with Crippen molar-refractivity contribution in [1.29, 1.82) is 0 Å². The van der Waals surface area contributed by atoms with Gasteiger partial charge in [0, 0.05) is 26.3 Å². The van der Waals surface area contributed by atoms with Crippen molar-refractivity contribution in [1.82, 2.24) is 9.55 Å². The maximum atomic E-state index is 11.5. The lowest BCUT2D eigenvalue weighted by molar-refractivity contribution is -0.397. The van der Waals surface area contributed by atoms with Gasteiger partial charge in [0.1, 0.15) is 6.20 Å². The second kappa shape index (κ2) is 8.74. The van der Waals surface area contributed by atoms with Gasteiger partial charge in [-0.15, -0.1) is 0 Å². The van der Waals surface area contributed by atoms with Crippen molar-refractivity contribution in [2.24, 2.45) is 0 Å². The number of ether oxygens (including phenoxy) is 2. The van der Waals surface area contributed by atoms with Gasteiger partial charge in [0.2, 0.25) is 0 Å². The van der Waals surface area contributed by atoms with Crippen molar-refractivity contribution in [3.8, 4) is 0 Å². The monoisotopic (exact) mass is 355 g/mol. The summed E-state index contributed by atoms with van der Waals surface area (Å²) < 4.78 is 11.7. The van der Waals surface area contributed by atoms with Gasteiger partial charge in [-0.3, -0.25) is 0 Å². The first-order valence-corrected chi connectivity index (χ1v) is 11.5. The van der Waals surface area contributed by atoms with E-state index < -0.39 is 19.0 Å². The molecule has 0 aromatic carbocycles. The lowest BCUT2D eigenvalue weighted by atomic mass is 10.2. The fraction of sp³-hybridized carbons (Fsp3) is 0.600. The number of allylic oxidation sites excluding steroid dienone is 1. The average Bonchev–Trinajstić information content (AvgIpc) is 2.87. The van der Waals surface area contributed by atoms with Crippen molar-refractivity contribution in [2.75, 3.05) is 13.2 Å². The largest absolute Gasteiger partial charge is 0.463 e. The molecular weight excluding hydrogens is 330 g/mol. The molecule has 1 aromatic rings. The first-order chi connectivity index (χ1) is 11.1. The number of nitrogens with zero attached hydrogens (tertiary/aromatic N) is 3. The third-order valence-corrected chi connectivity index (χ3v) is 4.87. The zero-order valence-electron chi connectivity index (χ0n) is 14.9. The van der Waals surface area contributed by atoms with Crippen LogP contribution >= 0.6 is 0 Å². The molecule has 134 valence electrons. The van der Waals surface area contributed by atoms with Gasteiger partial charge >= 0.3 is 11.9 Å². The number of hydrogen-bond acceptors (Lipinski definition) is 6. The minimum atomic E-state index is -1.21. The van der Waals surface area contributed by atoms with E-state index in [0.29, 0.717) is 17.9 Å². The molecule has 0 aliphatic heterocycles.